The number of hydrogen-bond acceptors (Lipinski definition) is 8. The summed E-state index contributed by atoms with van der Waals surface area (Å²) in [6.45, 7) is 1.26. The number of imide groups is 1. The monoisotopic (exact) mass is 417 g/mol. The van der Waals surface area contributed by atoms with Crippen molar-refractivity contribution in [1.82, 2.24) is 10.6 Å². The number of phenolic OH excluding ortho intramolecular Hbond substituents is 1. The normalized spacial score (nSPS) is 17.1. The molecule has 5 N–H and O–H groups in total. The Bertz CT molecular complexity index is 829. The lowest BCUT2D eigenvalue weighted by Crippen LogP contribution is -2.32. The fourth-order valence-corrected chi connectivity index (χ4v) is 3.40. The summed E-state index contributed by atoms with van der Waals surface area (Å²) in [5.41, 5.74) is 1.88. The molecule has 9 heteroatoms. The molecule has 0 aromatic heterocycles. The summed E-state index contributed by atoms with van der Waals surface area (Å²) in [7, 11) is 0. The molecule has 2 aromatic rings. The molecule has 1 saturated heterocycles. The van der Waals surface area contributed by atoms with E-state index in [4.69, 9.17) is 4.74 Å². The van der Waals surface area contributed by atoms with Crippen LogP contribution in [0.2, 0.25) is 0 Å². The van der Waals surface area contributed by atoms with Crippen molar-refractivity contribution < 1.29 is 24.5 Å². The van der Waals surface area contributed by atoms with Gasteiger partial charge in [0.15, 0.2) is 5.37 Å². The number of ether oxygens (including phenoxy) is 1. The molecule has 8 nitrogen and oxygen atoms in total. The Kier molecular flexibility index (Phi) is 7.34. The van der Waals surface area contributed by atoms with Gasteiger partial charge < -0.3 is 25.6 Å². The van der Waals surface area contributed by atoms with Crippen LogP contribution in [0.25, 0.3) is 0 Å². The SMILES string of the molecule is O=C1NC(=O)C(Nc2ccc(CCNC[C@H](O)COc3ccc(O)cc3)cc2)S1. The summed E-state index contributed by atoms with van der Waals surface area (Å²) in [6, 6.07) is 14.0. The van der Waals surface area contributed by atoms with Crippen LogP contribution < -0.4 is 20.7 Å². The predicted octanol–water partition coefficient (Wildman–Crippen LogP) is 1.69. The van der Waals surface area contributed by atoms with Crippen molar-refractivity contribution in [3.05, 3.63) is 54.1 Å². The molecule has 154 valence electrons. The molecule has 0 bridgehead atoms. The second kappa shape index (κ2) is 10.1. The summed E-state index contributed by atoms with van der Waals surface area (Å²) < 4.78 is 5.46. The zero-order valence-electron chi connectivity index (χ0n) is 15.6. The number of amides is 2. The lowest BCUT2D eigenvalue weighted by atomic mass is 10.1. The number of thioether (sulfide) groups is 1. The second-order valence-electron chi connectivity index (χ2n) is 6.53. The lowest BCUT2D eigenvalue weighted by Gasteiger charge is -2.14. The number of aromatic hydroxyl groups is 1. The van der Waals surface area contributed by atoms with Gasteiger partial charge in [0.05, 0.1) is 0 Å². The van der Waals surface area contributed by atoms with E-state index < -0.39 is 11.5 Å². The van der Waals surface area contributed by atoms with Crippen LogP contribution in [0.5, 0.6) is 11.5 Å². The van der Waals surface area contributed by atoms with Gasteiger partial charge in [-0.2, -0.15) is 0 Å². The highest BCUT2D eigenvalue weighted by Crippen LogP contribution is 2.22. The first-order chi connectivity index (χ1) is 14.0. The molecule has 2 atom stereocenters. The minimum absolute atomic E-state index is 0.160. The predicted molar refractivity (Wildman–Crippen MR) is 111 cm³/mol. The molecule has 0 saturated carbocycles. The third-order valence-corrected chi connectivity index (χ3v) is 5.07. The number of phenols is 1. The van der Waals surface area contributed by atoms with Crippen LogP contribution >= 0.6 is 11.8 Å². The van der Waals surface area contributed by atoms with Gasteiger partial charge in [0.1, 0.15) is 24.2 Å². The molecule has 2 aromatic carbocycles. The van der Waals surface area contributed by atoms with Crippen molar-refractivity contribution in [1.29, 1.82) is 0 Å². The standard InChI is InChI=1S/C20H23N3O5S/c24-15-5-7-17(8-6-15)28-12-16(25)11-21-10-9-13-1-3-14(4-2-13)22-19-18(26)23-20(27)29-19/h1-8,16,19,21-22,24-25H,9-12H2,(H,23,26,27)/t16-,19?/m0/s1. The quantitative estimate of drug-likeness (QED) is 0.371. The highest BCUT2D eigenvalue weighted by molar-refractivity contribution is 8.15. The number of rotatable bonds is 10. The molecule has 1 heterocycles. The van der Waals surface area contributed by atoms with Gasteiger partial charge in [-0.15, -0.1) is 0 Å². The maximum atomic E-state index is 11.6. The van der Waals surface area contributed by atoms with Crippen molar-refractivity contribution >= 4 is 28.6 Å². The average molecular weight is 417 g/mol. The van der Waals surface area contributed by atoms with E-state index >= 15 is 0 Å². The zero-order chi connectivity index (χ0) is 20.6. The van der Waals surface area contributed by atoms with Crippen molar-refractivity contribution in [3.8, 4) is 11.5 Å². The summed E-state index contributed by atoms with van der Waals surface area (Å²) in [4.78, 5) is 22.7. The molecule has 0 aliphatic carbocycles. The van der Waals surface area contributed by atoms with Crippen LogP contribution in [0.15, 0.2) is 48.5 Å². The van der Waals surface area contributed by atoms with Gasteiger partial charge in [-0.1, -0.05) is 12.1 Å². The molecule has 3 rings (SSSR count). The molecule has 1 unspecified atom stereocenters. The van der Waals surface area contributed by atoms with E-state index in [2.05, 4.69) is 16.0 Å². The molecule has 1 aliphatic rings. The van der Waals surface area contributed by atoms with Crippen LogP contribution in [-0.2, 0) is 11.2 Å². The second-order valence-corrected chi connectivity index (χ2v) is 7.61. The van der Waals surface area contributed by atoms with Gasteiger partial charge in [-0.3, -0.25) is 14.9 Å². The molecular formula is C20H23N3O5S. The number of aliphatic hydroxyl groups is 1. The maximum absolute atomic E-state index is 11.6. The fourth-order valence-electron chi connectivity index (χ4n) is 2.67. The minimum atomic E-state index is -0.645. The molecule has 0 spiro atoms. The van der Waals surface area contributed by atoms with Crippen LogP contribution in [-0.4, -0.2) is 52.5 Å². The smallest absolute Gasteiger partial charge is 0.288 e. The molecular weight excluding hydrogens is 394 g/mol. The van der Waals surface area contributed by atoms with E-state index in [1.54, 1.807) is 12.1 Å². The maximum Gasteiger partial charge on any atom is 0.288 e. The Hall–Kier alpha value is -2.75. The average Bonchev–Trinajstić information content (AvgIpc) is 3.03. The van der Waals surface area contributed by atoms with Gasteiger partial charge in [0.25, 0.3) is 11.1 Å². The van der Waals surface area contributed by atoms with Gasteiger partial charge >= 0.3 is 0 Å². The highest BCUT2D eigenvalue weighted by atomic mass is 32.2. The number of aliphatic hydroxyl groups excluding tert-OH is 1. The number of carbonyl (C=O) groups is 2. The largest absolute Gasteiger partial charge is 0.508 e. The van der Waals surface area contributed by atoms with E-state index in [-0.39, 0.29) is 23.5 Å². The summed E-state index contributed by atoms with van der Waals surface area (Å²) in [5.74, 6) is 0.427. The summed E-state index contributed by atoms with van der Waals surface area (Å²) in [5, 5.41) is 26.7. The van der Waals surface area contributed by atoms with E-state index in [0.29, 0.717) is 18.8 Å². The van der Waals surface area contributed by atoms with Crippen molar-refractivity contribution in [2.75, 3.05) is 25.0 Å². The fraction of sp³-hybridized carbons (Fsp3) is 0.300. The van der Waals surface area contributed by atoms with Crippen LogP contribution in [0, 0.1) is 0 Å². The third kappa shape index (κ3) is 6.67. The topological polar surface area (TPSA) is 120 Å². The van der Waals surface area contributed by atoms with Crippen LogP contribution in [0.3, 0.4) is 0 Å². The number of carbonyl (C=O) groups excluding carboxylic acids is 2. The first-order valence-electron chi connectivity index (χ1n) is 9.17. The summed E-state index contributed by atoms with van der Waals surface area (Å²) in [6.07, 6.45) is 0.135. The van der Waals surface area contributed by atoms with Crippen molar-refractivity contribution in [2.45, 2.75) is 17.9 Å². The van der Waals surface area contributed by atoms with E-state index in [1.807, 2.05) is 24.3 Å². The number of anilines is 1. The van der Waals surface area contributed by atoms with Gasteiger partial charge in [0, 0.05) is 12.2 Å². The highest BCUT2D eigenvalue weighted by Gasteiger charge is 2.31. The van der Waals surface area contributed by atoms with Crippen molar-refractivity contribution in [2.24, 2.45) is 0 Å². The number of nitrogens with one attached hydrogen (secondary N) is 3. The van der Waals surface area contributed by atoms with Gasteiger partial charge in [0.2, 0.25) is 0 Å². The van der Waals surface area contributed by atoms with E-state index in [9.17, 15) is 19.8 Å². The Morgan fingerprint density at radius 2 is 1.83 bits per heavy atom. The molecule has 0 radical (unpaired) electrons. The Morgan fingerprint density at radius 1 is 1.10 bits per heavy atom. The first-order valence-corrected chi connectivity index (χ1v) is 10.0. The number of benzene rings is 2. The lowest BCUT2D eigenvalue weighted by molar-refractivity contribution is -0.118. The third-order valence-electron chi connectivity index (χ3n) is 4.19. The molecule has 1 aliphatic heterocycles. The zero-order valence-corrected chi connectivity index (χ0v) is 16.4. The Balaban J connectivity index is 1.32. The molecule has 29 heavy (non-hydrogen) atoms. The minimum Gasteiger partial charge on any atom is -0.508 e. The van der Waals surface area contributed by atoms with Crippen molar-refractivity contribution in [3.63, 3.8) is 0 Å². The first kappa shape index (κ1) is 21.0. The summed E-state index contributed by atoms with van der Waals surface area (Å²) >= 11 is 0.930. The van der Waals surface area contributed by atoms with E-state index in [0.717, 1.165) is 29.4 Å². The van der Waals surface area contributed by atoms with Gasteiger partial charge in [-0.05, 0) is 66.7 Å². The number of hydrogen-bond donors (Lipinski definition) is 5. The van der Waals surface area contributed by atoms with E-state index in [1.165, 1.54) is 12.1 Å². The molecule has 1 fully saturated rings. The molecule has 2 amide bonds. The Labute approximate surface area is 172 Å². The van der Waals surface area contributed by atoms with Crippen LogP contribution in [0.1, 0.15) is 5.56 Å². The van der Waals surface area contributed by atoms with Crippen LogP contribution in [0.4, 0.5) is 10.5 Å². The van der Waals surface area contributed by atoms with Gasteiger partial charge in [-0.25, -0.2) is 0 Å². The Morgan fingerprint density at radius 3 is 2.48 bits per heavy atom.